The minimum absolute atomic E-state index is 0.103. The number of rotatable bonds is 5. The Kier molecular flexibility index (Phi) is 4.35. The van der Waals surface area contributed by atoms with Crippen LogP contribution < -0.4 is 5.32 Å². The lowest BCUT2D eigenvalue weighted by molar-refractivity contribution is 0.0991. The predicted molar refractivity (Wildman–Crippen MR) is 70.2 cm³/mol. The molecule has 1 unspecified atom stereocenters. The van der Waals surface area contributed by atoms with Crippen molar-refractivity contribution in [1.82, 2.24) is 20.1 Å². The second-order valence-electron chi connectivity index (χ2n) is 5.93. The molecule has 1 saturated heterocycles. The normalized spacial score (nSPS) is 20.5. The van der Waals surface area contributed by atoms with Gasteiger partial charge in [0.05, 0.1) is 12.6 Å². The Hall–Kier alpha value is -0.940. The molecule has 0 bridgehead atoms. The van der Waals surface area contributed by atoms with Gasteiger partial charge in [0.2, 0.25) is 0 Å². The molecule has 1 aliphatic rings. The maximum absolute atomic E-state index is 5.63. The first-order valence-corrected chi connectivity index (χ1v) is 6.78. The molecule has 1 aromatic heterocycles. The van der Waals surface area contributed by atoms with Crippen LogP contribution in [0.1, 0.15) is 45.9 Å². The van der Waals surface area contributed by atoms with E-state index in [-0.39, 0.29) is 5.54 Å². The first-order valence-electron chi connectivity index (χ1n) is 6.78. The molecule has 0 aromatic carbocycles. The highest BCUT2D eigenvalue weighted by atomic mass is 16.5. The van der Waals surface area contributed by atoms with Gasteiger partial charge in [0.1, 0.15) is 12.2 Å². The molecule has 0 aliphatic carbocycles. The molecule has 1 aliphatic heterocycles. The predicted octanol–water partition coefficient (Wildman–Crippen LogP) is 1.74. The molecule has 1 fully saturated rings. The summed E-state index contributed by atoms with van der Waals surface area (Å²) in [5.41, 5.74) is 0.103. The first kappa shape index (κ1) is 13.5. The van der Waals surface area contributed by atoms with Gasteiger partial charge < -0.3 is 10.1 Å². The number of ether oxygens (including phenoxy) is 1. The van der Waals surface area contributed by atoms with Gasteiger partial charge in [-0.2, -0.15) is 5.10 Å². The van der Waals surface area contributed by atoms with Gasteiger partial charge in [-0.1, -0.05) is 0 Å². The molecule has 0 saturated carbocycles. The van der Waals surface area contributed by atoms with E-state index in [1.165, 1.54) is 12.8 Å². The highest BCUT2D eigenvalue weighted by molar-refractivity contribution is 4.86. The van der Waals surface area contributed by atoms with Crippen LogP contribution in [0, 0.1) is 0 Å². The van der Waals surface area contributed by atoms with E-state index in [0.29, 0.717) is 6.10 Å². The van der Waals surface area contributed by atoms with Gasteiger partial charge in [-0.15, -0.1) is 0 Å². The summed E-state index contributed by atoms with van der Waals surface area (Å²) in [6.07, 6.45) is 5.46. The lowest BCUT2D eigenvalue weighted by atomic mass is 10.1. The van der Waals surface area contributed by atoms with Gasteiger partial charge in [0.25, 0.3) is 0 Å². The van der Waals surface area contributed by atoms with E-state index in [9.17, 15) is 0 Å². The van der Waals surface area contributed by atoms with Crippen molar-refractivity contribution in [1.29, 1.82) is 0 Å². The zero-order chi connectivity index (χ0) is 13.0. The minimum Gasteiger partial charge on any atom is -0.378 e. The van der Waals surface area contributed by atoms with Gasteiger partial charge in [0.15, 0.2) is 0 Å². The summed E-state index contributed by atoms with van der Waals surface area (Å²) in [4.78, 5) is 4.31. The summed E-state index contributed by atoms with van der Waals surface area (Å²) in [5, 5.41) is 7.73. The molecule has 1 N–H and O–H groups in total. The topological polar surface area (TPSA) is 52.0 Å². The summed E-state index contributed by atoms with van der Waals surface area (Å²) < 4.78 is 7.61. The van der Waals surface area contributed by atoms with Crippen LogP contribution in [0.3, 0.4) is 0 Å². The van der Waals surface area contributed by atoms with Gasteiger partial charge in [0, 0.05) is 18.7 Å². The Morgan fingerprint density at radius 2 is 2.33 bits per heavy atom. The molecule has 2 heterocycles. The van der Waals surface area contributed by atoms with E-state index in [1.54, 1.807) is 6.33 Å². The third kappa shape index (κ3) is 4.07. The van der Waals surface area contributed by atoms with E-state index < -0.39 is 0 Å². The molecule has 0 spiro atoms. The van der Waals surface area contributed by atoms with Crippen molar-refractivity contribution in [3.63, 3.8) is 0 Å². The van der Waals surface area contributed by atoms with Gasteiger partial charge in [-0.25, -0.2) is 9.67 Å². The second kappa shape index (κ2) is 5.80. The van der Waals surface area contributed by atoms with Crippen LogP contribution in [0.15, 0.2) is 6.33 Å². The average molecular weight is 252 g/mol. The standard InChI is InChI=1S/C13H24N4O/c1-13(2,3)15-9-12-14-10-16-17(12)7-6-11-5-4-8-18-11/h10-11,15H,4-9H2,1-3H3. The zero-order valence-corrected chi connectivity index (χ0v) is 11.6. The molecular formula is C13H24N4O. The van der Waals surface area contributed by atoms with Crippen molar-refractivity contribution in [2.75, 3.05) is 6.61 Å². The maximum atomic E-state index is 5.63. The van der Waals surface area contributed by atoms with Crippen LogP contribution in [-0.4, -0.2) is 33.0 Å². The summed E-state index contributed by atoms with van der Waals surface area (Å²) in [6.45, 7) is 9.03. The Morgan fingerprint density at radius 3 is 3.00 bits per heavy atom. The second-order valence-corrected chi connectivity index (χ2v) is 5.93. The first-order chi connectivity index (χ1) is 8.54. The molecule has 2 rings (SSSR count). The summed E-state index contributed by atoms with van der Waals surface area (Å²) in [5.74, 6) is 1.00. The van der Waals surface area contributed by atoms with Crippen LogP contribution in [0.4, 0.5) is 0 Å². The van der Waals surface area contributed by atoms with Crippen LogP contribution in [-0.2, 0) is 17.8 Å². The molecule has 5 nitrogen and oxygen atoms in total. The third-order valence-corrected chi connectivity index (χ3v) is 3.16. The summed E-state index contributed by atoms with van der Waals surface area (Å²) >= 11 is 0. The average Bonchev–Trinajstić information content (AvgIpc) is 2.94. The fourth-order valence-corrected chi connectivity index (χ4v) is 2.09. The Balaban J connectivity index is 1.83. The highest BCUT2D eigenvalue weighted by Gasteiger charge is 2.16. The van der Waals surface area contributed by atoms with Gasteiger partial charge in [-0.05, 0) is 40.0 Å². The summed E-state index contributed by atoms with van der Waals surface area (Å²) in [6, 6.07) is 0. The Morgan fingerprint density at radius 1 is 1.50 bits per heavy atom. The van der Waals surface area contributed by atoms with Gasteiger partial charge >= 0.3 is 0 Å². The molecule has 102 valence electrons. The van der Waals surface area contributed by atoms with Crippen molar-refractivity contribution >= 4 is 0 Å². The molecular weight excluding hydrogens is 228 g/mol. The number of nitrogens with one attached hydrogen (secondary N) is 1. The SMILES string of the molecule is CC(C)(C)NCc1ncnn1CCC1CCCO1. The zero-order valence-electron chi connectivity index (χ0n) is 11.6. The molecule has 5 heteroatoms. The Bertz CT molecular complexity index is 363. The van der Waals surface area contributed by atoms with Gasteiger partial charge in [-0.3, -0.25) is 0 Å². The van der Waals surface area contributed by atoms with Crippen molar-refractivity contribution in [3.8, 4) is 0 Å². The lowest BCUT2D eigenvalue weighted by Crippen LogP contribution is -2.36. The fraction of sp³-hybridized carbons (Fsp3) is 0.846. The quantitative estimate of drug-likeness (QED) is 0.867. The van der Waals surface area contributed by atoms with Crippen LogP contribution in [0.25, 0.3) is 0 Å². The fourth-order valence-electron chi connectivity index (χ4n) is 2.09. The minimum atomic E-state index is 0.103. The van der Waals surface area contributed by atoms with Crippen LogP contribution in [0.2, 0.25) is 0 Å². The number of nitrogens with zero attached hydrogens (tertiary/aromatic N) is 3. The molecule has 0 radical (unpaired) electrons. The number of aryl methyl sites for hydroxylation is 1. The van der Waals surface area contributed by atoms with Crippen molar-refractivity contribution in [2.45, 2.75) is 64.8 Å². The van der Waals surface area contributed by atoms with Crippen molar-refractivity contribution in [2.24, 2.45) is 0 Å². The van der Waals surface area contributed by atoms with E-state index in [1.807, 2.05) is 4.68 Å². The van der Waals surface area contributed by atoms with E-state index in [2.05, 4.69) is 36.2 Å². The van der Waals surface area contributed by atoms with Crippen LogP contribution in [0.5, 0.6) is 0 Å². The van der Waals surface area contributed by atoms with E-state index in [4.69, 9.17) is 4.74 Å². The number of aromatic nitrogens is 3. The Labute approximate surface area is 109 Å². The largest absolute Gasteiger partial charge is 0.378 e. The summed E-state index contributed by atoms with van der Waals surface area (Å²) in [7, 11) is 0. The van der Waals surface area contributed by atoms with Crippen LogP contribution >= 0.6 is 0 Å². The maximum Gasteiger partial charge on any atom is 0.140 e. The number of hydrogen-bond donors (Lipinski definition) is 1. The molecule has 0 amide bonds. The van der Waals surface area contributed by atoms with E-state index >= 15 is 0 Å². The highest BCUT2D eigenvalue weighted by Crippen LogP contribution is 2.16. The van der Waals surface area contributed by atoms with E-state index in [0.717, 1.165) is 31.9 Å². The monoisotopic (exact) mass is 252 g/mol. The number of hydrogen-bond acceptors (Lipinski definition) is 4. The smallest absolute Gasteiger partial charge is 0.140 e. The molecule has 1 aromatic rings. The third-order valence-electron chi connectivity index (χ3n) is 3.16. The molecule has 18 heavy (non-hydrogen) atoms. The van der Waals surface area contributed by atoms with Crippen molar-refractivity contribution < 1.29 is 4.74 Å². The van der Waals surface area contributed by atoms with Crippen molar-refractivity contribution in [3.05, 3.63) is 12.2 Å². The molecule has 1 atom stereocenters. The lowest BCUT2D eigenvalue weighted by Gasteiger charge is -2.20.